The third kappa shape index (κ3) is 5.68. The van der Waals surface area contributed by atoms with E-state index in [0.717, 1.165) is 28.9 Å². The Kier molecular flexibility index (Phi) is 7.89. The fraction of sp³-hybridized carbons (Fsp3) is 0.280. The average Bonchev–Trinajstić information content (AvgIpc) is 3.20. The van der Waals surface area contributed by atoms with Crippen molar-refractivity contribution < 1.29 is 23.8 Å². The van der Waals surface area contributed by atoms with Crippen LogP contribution >= 0.6 is 11.3 Å². The second-order valence-electron chi connectivity index (χ2n) is 7.32. The Morgan fingerprint density at radius 1 is 1.03 bits per heavy atom. The van der Waals surface area contributed by atoms with Crippen LogP contribution in [0.25, 0.3) is 11.1 Å². The van der Waals surface area contributed by atoms with Gasteiger partial charge in [0.2, 0.25) is 0 Å². The van der Waals surface area contributed by atoms with Gasteiger partial charge in [-0.1, -0.05) is 36.8 Å². The molecule has 0 saturated carbocycles. The summed E-state index contributed by atoms with van der Waals surface area (Å²) >= 11 is 1.27. The van der Waals surface area contributed by atoms with Gasteiger partial charge in [-0.2, -0.15) is 0 Å². The van der Waals surface area contributed by atoms with E-state index in [-0.39, 0.29) is 12.5 Å². The molecule has 7 heteroatoms. The van der Waals surface area contributed by atoms with Crippen LogP contribution < -0.4 is 14.8 Å². The molecule has 3 rings (SSSR count). The summed E-state index contributed by atoms with van der Waals surface area (Å²) in [6, 6.07) is 13.3. The molecule has 0 bridgehead atoms. The number of benzene rings is 2. The first-order chi connectivity index (χ1) is 15.4. The third-order valence-electron chi connectivity index (χ3n) is 4.76. The highest BCUT2D eigenvalue weighted by molar-refractivity contribution is 7.15. The normalized spacial score (nSPS) is 10.5. The predicted molar refractivity (Wildman–Crippen MR) is 127 cm³/mol. The molecule has 0 aliphatic carbocycles. The molecule has 2 aromatic carbocycles. The molecular formula is C25H27NO5S. The van der Waals surface area contributed by atoms with Crippen molar-refractivity contribution >= 4 is 28.2 Å². The van der Waals surface area contributed by atoms with E-state index in [9.17, 15) is 9.59 Å². The van der Waals surface area contributed by atoms with Crippen LogP contribution in [0.3, 0.4) is 0 Å². The van der Waals surface area contributed by atoms with Crippen LogP contribution in [0.15, 0.2) is 47.8 Å². The van der Waals surface area contributed by atoms with E-state index in [1.807, 2.05) is 68.6 Å². The number of rotatable bonds is 9. The van der Waals surface area contributed by atoms with Crippen LogP contribution in [0.2, 0.25) is 0 Å². The number of aryl methyl sites for hydroxylation is 2. The molecular weight excluding hydrogens is 426 g/mol. The van der Waals surface area contributed by atoms with Crippen molar-refractivity contribution in [3.63, 3.8) is 0 Å². The van der Waals surface area contributed by atoms with E-state index in [4.69, 9.17) is 14.2 Å². The summed E-state index contributed by atoms with van der Waals surface area (Å²) in [7, 11) is 1.32. The maximum atomic E-state index is 12.5. The summed E-state index contributed by atoms with van der Waals surface area (Å²) in [5, 5.41) is 5.04. The first-order valence-electron chi connectivity index (χ1n) is 10.4. The predicted octanol–water partition coefficient (Wildman–Crippen LogP) is 5.62. The van der Waals surface area contributed by atoms with Gasteiger partial charge in [0, 0.05) is 10.9 Å². The Bertz CT molecular complexity index is 1090. The van der Waals surface area contributed by atoms with Crippen molar-refractivity contribution in [2.75, 3.05) is 25.6 Å². The topological polar surface area (TPSA) is 73.9 Å². The lowest BCUT2D eigenvalue weighted by molar-refractivity contribution is -0.118. The highest BCUT2D eigenvalue weighted by Crippen LogP contribution is 2.36. The summed E-state index contributed by atoms with van der Waals surface area (Å²) in [4.78, 5) is 25.0. The minimum atomic E-state index is -0.516. The van der Waals surface area contributed by atoms with Crippen molar-refractivity contribution in [2.45, 2.75) is 27.2 Å². The van der Waals surface area contributed by atoms with Crippen molar-refractivity contribution in [3.05, 3.63) is 64.5 Å². The average molecular weight is 454 g/mol. The molecule has 1 aromatic heterocycles. The number of methoxy groups -OCH3 is 1. The lowest BCUT2D eigenvalue weighted by Gasteiger charge is -2.11. The number of carbonyl (C=O) groups excluding carboxylic acids is 2. The van der Waals surface area contributed by atoms with Gasteiger partial charge in [-0.05, 0) is 49.6 Å². The number of thiophene rings is 1. The van der Waals surface area contributed by atoms with Gasteiger partial charge < -0.3 is 19.5 Å². The van der Waals surface area contributed by atoms with Gasteiger partial charge in [-0.3, -0.25) is 4.79 Å². The molecule has 0 spiro atoms. The number of ether oxygens (including phenoxy) is 3. The van der Waals surface area contributed by atoms with Gasteiger partial charge in [-0.15, -0.1) is 11.3 Å². The van der Waals surface area contributed by atoms with Crippen LogP contribution in [0.5, 0.6) is 11.5 Å². The van der Waals surface area contributed by atoms with Crippen LogP contribution in [0.1, 0.15) is 34.8 Å². The lowest BCUT2D eigenvalue weighted by atomic mass is 10.0. The van der Waals surface area contributed by atoms with Gasteiger partial charge in [0.1, 0.15) is 22.1 Å². The zero-order valence-corrected chi connectivity index (χ0v) is 19.5. The number of amides is 1. The highest BCUT2D eigenvalue weighted by Gasteiger charge is 2.22. The molecule has 1 heterocycles. The molecule has 0 unspecified atom stereocenters. The minimum absolute atomic E-state index is 0.165. The monoisotopic (exact) mass is 453 g/mol. The van der Waals surface area contributed by atoms with Crippen molar-refractivity contribution in [3.8, 4) is 22.6 Å². The van der Waals surface area contributed by atoms with E-state index >= 15 is 0 Å². The first-order valence-corrected chi connectivity index (χ1v) is 11.2. The van der Waals surface area contributed by atoms with E-state index < -0.39 is 5.97 Å². The molecule has 0 atom stereocenters. The molecule has 6 nitrogen and oxygen atoms in total. The SMILES string of the molecule is CCCOc1ccc(-c2csc(NC(=O)COc3ccc(C)cc3C)c2C(=O)OC)cc1. The quantitative estimate of drug-likeness (QED) is 0.425. The van der Waals surface area contributed by atoms with E-state index in [0.29, 0.717) is 28.5 Å². The molecule has 1 amide bonds. The van der Waals surface area contributed by atoms with Crippen molar-refractivity contribution in [2.24, 2.45) is 0 Å². The van der Waals surface area contributed by atoms with E-state index in [1.165, 1.54) is 18.4 Å². The number of carbonyl (C=O) groups is 2. The molecule has 0 saturated heterocycles. The summed E-state index contributed by atoms with van der Waals surface area (Å²) in [5.74, 6) is 0.545. The van der Waals surface area contributed by atoms with Crippen LogP contribution in [-0.4, -0.2) is 32.2 Å². The largest absolute Gasteiger partial charge is 0.494 e. The van der Waals surface area contributed by atoms with Gasteiger partial charge in [0.25, 0.3) is 5.91 Å². The van der Waals surface area contributed by atoms with Gasteiger partial charge >= 0.3 is 5.97 Å². The second kappa shape index (κ2) is 10.8. The Balaban J connectivity index is 1.76. The number of esters is 1. The Labute approximate surface area is 192 Å². The number of hydrogen-bond donors (Lipinski definition) is 1. The summed E-state index contributed by atoms with van der Waals surface area (Å²) in [6.07, 6.45) is 0.926. The Hall–Kier alpha value is -3.32. The Morgan fingerprint density at radius 3 is 2.44 bits per heavy atom. The van der Waals surface area contributed by atoms with Gasteiger partial charge in [0.15, 0.2) is 6.61 Å². The van der Waals surface area contributed by atoms with Crippen LogP contribution in [0, 0.1) is 13.8 Å². The number of anilines is 1. The van der Waals surface area contributed by atoms with E-state index in [2.05, 4.69) is 5.32 Å². The molecule has 0 aliphatic heterocycles. The molecule has 3 aromatic rings. The smallest absolute Gasteiger partial charge is 0.341 e. The summed E-state index contributed by atoms with van der Waals surface area (Å²) < 4.78 is 16.2. The van der Waals surface area contributed by atoms with Gasteiger partial charge in [0.05, 0.1) is 13.7 Å². The number of hydrogen-bond acceptors (Lipinski definition) is 6. The lowest BCUT2D eigenvalue weighted by Crippen LogP contribution is -2.21. The summed E-state index contributed by atoms with van der Waals surface area (Å²) in [6.45, 7) is 6.45. The molecule has 168 valence electrons. The van der Waals surface area contributed by atoms with Crippen molar-refractivity contribution in [1.29, 1.82) is 0 Å². The molecule has 0 fully saturated rings. The molecule has 0 radical (unpaired) electrons. The third-order valence-corrected chi connectivity index (χ3v) is 5.66. The molecule has 32 heavy (non-hydrogen) atoms. The second-order valence-corrected chi connectivity index (χ2v) is 8.20. The maximum Gasteiger partial charge on any atom is 0.341 e. The zero-order chi connectivity index (χ0) is 23.1. The summed E-state index contributed by atoms with van der Waals surface area (Å²) in [5.41, 5.74) is 3.92. The minimum Gasteiger partial charge on any atom is -0.494 e. The molecule has 1 N–H and O–H groups in total. The zero-order valence-electron chi connectivity index (χ0n) is 18.7. The number of nitrogens with one attached hydrogen (secondary N) is 1. The van der Waals surface area contributed by atoms with Gasteiger partial charge in [-0.25, -0.2) is 4.79 Å². The fourth-order valence-electron chi connectivity index (χ4n) is 3.18. The maximum absolute atomic E-state index is 12.5. The van der Waals surface area contributed by atoms with Crippen LogP contribution in [0.4, 0.5) is 5.00 Å². The highest BCUT2D eigenvalue weighted by atomic mass is 32.1. The fourth-order valence-corrected chi connectivity index (χ4v) is 4.16. The van der Waals surface area contributed by atoms with Crippen molar-refractivity contribution in [1.82, 2.24) is 0 Å². The molecule has 0 aliphatic rings. The first kappa shape index (κ1) is 23.3. The Morgan fingerprint density at radius 2 is 1.78 bits per heavy atom. The van der Waals surface area contributed by atoms with E-state index in [1.54, 1.807) is 0 Å². The van der Waals surface area contributed by atoms with Crippen LogP contribution in [-0.2, 0) is 9.53 Å². The standard InChI is InChI=1S/C25H27NO5S/c1-5-12-30-19-9-7-18(8-10-19)20-15-32-24(23(20)25(28)29-4)26-22(27)14-31-21-11-6-16(2)13-17(21)3/h6-11,13,15H,5,12,14H2,1-4H3,(H,26,27).